The Kier molecular flexibility index (Phi) is 4.45. The van der Waals surface area contributed by atoms with Gasteiger partial charge in [-0.05, 0) is 51.9 Å². The van der Waals surface area contributed by atoms with Crippen LogP contribution in [0.2, 0.25) is 0 Å². The van der Waals surface area contributed by atoms with Gasteiger partial charge in [-0.2, -0.15) is 0 Å². The lowest BCUT2D eigenvalue weighted by atomic mass is 10.0. The Balaban J connectivity index is 1.70. The molecule has 3 rings (SSSR count). The number of benzene rings is 1. The normalized spacial score (nSPS) is 20.3. The molecule has 4 heteroatoms. The highest BCUT2D eigenvalue weighted by Crippen LogP contribution is 2.28. The molecule has 1 aliphatic carbocycles. The maximum absolute atomic E-state index is 14.2. The molecule has 0 aromatic heterocycles. The quantitative estimate of drug-likeness (QED) is 0.899. The molecule has 1 aromatic rings. The molecule has 1 heterocycles. The first-order valence-corrected chi connectivity index (χ1v) is 8.07. The van der Waals surface area contributed by atoms with E-state index in [1.54, 1.807) is 6.07 Å². The van der Waals surface area contributed by atoms with Crippen molar-refractivity contribution in [3.63, 3.8) is 0 Å². The summed E-state index contributed by atoms with van der Waals surface area (Å²) in [5, 5.41) is 3.45. The van der Waals surface area contributed by atoms with Gasteiger partial charge >= 0.3 is 0 Å². The van der Waals surface area contributed by atoms with Crippen LogP contribution in [-0.4, -0.2) is 44.2 Å². The van der Waals surface area contributed by atoms with Crippen molar-refractivity contribution in [2.24, 2.45) is 0 Å². The number of nitrogens with zero attached hydrogens (tertiary/aromatic N) is 2. The van der Waals surface area contributed by atoms with Gasteiger partial charge in [0.05, 0.1) is 0 Å². The van der Waals surface area contributed by atoms with E-state index in [4.69, 9.17) is 0 Å². The fourth-order valence-electron chi connectivity index (χ4n) is 3.18. The fraction of sp³-hybridized carbons (Fsp3) is 0.647. The number of piperidine rings is 1. The van der Waals surface area contributed by atoms with E-state index in [0.29, 0.717) is 18.6 Å². The standard InChI is InChI=1S/C17H26FN3/c1-20(2)14-8-10-21(11-9-14)17-5-3-4-16(18)15(17)12-19-13-6-7-13/h3-5,13-14,19H,6-12H2,1-2H3. The van der Waals surface area contributed by atoms with Crippen molar-refractivity contribution in [2.75, 3.05) is 32.1 Å². The smallest absolute Gasteiger partial charge is 0.129 e. The second-order valence-corrected chi connectivity index (χ2v) is 6.57. The summed E-state index contributed by atoms with van der Waals surface area (Å²) < 4.78 is 14.2. The molecule has 0 spiro atoms. The Morgan fingerprint density at radius 2 is 1.90 bits per heavy atom. The highest BCUT2D eigenvalue weighted by atomic mass is 19.1. The lowest BCUT2D eigenvalue weighted by Crippen LogP contribution is -2.42. The second kappa shape index (κ2) is 6.32. The minimum absolute atomic E-state index is 0.0737. The molecular weight excluding hydrogens is 265 g/mol. The number of anilines is 1. The van der Waals surface area contributed by atoms with Crippen LogP contribution in [0.5, 0.6) is 0 Å². The van der Waals surface area contributed by atoms with Gasteiger partial charge in [-0.15, -0.1) is 0 Å². The minimum Gasteiger partial charge on any atom is -0.371 e. The molecule has 21 heavy (non-hydrogen) atoms. The summed E-state index contributed by atoms with van der Waals surface area (Å²) in [5.41, 5.74) is 1.92. The van der Waals surface area contributed by atoms with E-state index in [0.717, 1.165) is 37.2 Å². The van der Waals surface area contributed by atoms with Crippen LogP contribution in [0.25, 0.3) is 0 Å². The molecule has 1 aromatic carbocycles. The molecule has 0 unspecified atom stereocenters. The van der Waals surface area contributed by atoms with Gasteiger partial charge < -0.3 is 15.1 Å². The van der Waals surface area contributed by atoms with E-state index in [1.165, 1.54) is 12.8 Å². The van der Waals surface area contributed by atoms with Gasteiger partial charge in [-0.3, -0.25) is 0 Å². The average molecular weight is 291 g/mol. The van der Waals surface area contributed by atoms with Crippen LogP contribution < -0.4 is 10.2 Å². The Hall–Kier alpha value is -1.13. The van der Waals surface area contributed by atoms with Crippen LogP contribution in [0.4, 0.5) is 10.1 Å². The average Bonchev–Trinajstić information content (AvgIpc) is 3.30. The number of hydrogen-bond donors (Lipinski definition) is 1. The summed E-state index contributed by atoms with van der Waals surface area (Å²) in [6.07, 6.45) is 4.77. The first-order valence-electron chi connectivity index (χ1n) is 8.07. The van der Waals surface area contributed by atoms with E-state index in [9.17, 15) is 4.39 Å². The van der Waals surface area contributed by atoms with Gasteiger partial charge in [0.1, 0.15) is 5.82 Å². The first-order chi connectivity index (χ1) is 10.1. The van der Waals surface area contributed by atoms with Crippen molar-refractivity contribution < 1.29 is 4.39 Å². The lowest BCUT2D eigenvalue weighted by Gasteiger charge is -2.37. The van der Waals surface area contributed by atoms with Crippen LogP contribution in [0.1, 0.15) is 31.2 Å². The fourth-order valence-corrected chi connectivity index (χ4v) is 3.18. The Bertz CT molecular complexity index is 477. The third-order valence-corrected chi connectivity index (χ3v) is 4.77. The van der Waals surface area contributed by atoms with Crippen LogP contribution in [0.15, 0.2) is 18.2 Å². The van der Waals surface area contributed by atoms with Crippen LogP contribution in [-0.2, 0) is 6.54 Å². The van der Waals surface area contributed by atoms with Crippen LogP contribution in [0.3, 0.4) is 0 Å². The molecule has 3 nitrogen and oxygen atoms in total. The van der Waals surface area contributed by atoms with Crippen molar-refractivity contribution in [3.05, 3.63) is 29.6 Å². The van der Waals surface area contributed by atoms with Gasteiger partial charge in [-0.1, -0.05) is 6.07 Å². The summed E-state index contributed by atoms with van der Waals surface area (Å²) in [6.45, 7) is 2.69. The van der Waals surface area contributed by atoms with Crippen LogP contribution in [0, 0.1) is 5.82 Å². The maximum atomic E-state index is 14.2. The first kappa shape index (κ1) is 14.8. The molecule has 1 N–H and O–H groups in total. The van der Waals surface area contributed by atoms with Crippen molar-refractivity contribution >= 4 is 5.69 Å². The van der Waals surface area contributed by atoms with E-state index in [1.807, 2.05) is 6.07 Å². The van der Waals surface area contributed by atoms with E-state index in [-0.39, 0.29) is 5.82 Å². The molecule has 1 saturated heterocycles. The summed E-state index contributed by atoms with van der Waals surface area (Å²) in [6, 6.07) is 6.76. The van der Waals surface area contributed by atoms with Gasteiger partial charge in [0.25, 0.3) is 0 Å². The number of hydrogen-bond acceptors (Lipinski definition) is 3. The van der Waals surface area contributed by atoms with E-state index in [2.05, 4.69) is 35.3 Å². The third kappa shape index (κ3) is 3.55. The van der Waals surface area contributed by atoms with Gasteiger partial charge in [0.15, 0.2) is 0 Å². The summed E-state index contributed by atoms with van der Waals surface area (Å²) in [5.74, 6) is -0.0737. The highest BCUT2D eigenvalue weighted by molar-refractivity contribution is 5.54. The van der Waals surface area contributed by atoms with Gasteiger partial charge in [0.2, 0.25) is 0 Å². The van der Waals surface area contributed by atoms with Crippen molar-refractivity contribution in [1.82, 2.24) is 10.2 Å². The minimum atomic E-state index is -0.0737. The van der Waals surface area contributed by atoms with Gasteiger partial charge in [-0.25, -0.2) is 4.39 Å². The zero-order valence-electron chi connectivity index (χ0n) is 13.1. The molecular formula is C17H26FN3. The summed E-state index contributed by atoms with van der Waals surface area (Å²) in [7, 11) is 4.29. The second-order valence-electron chi connectivity index (χ2n) is 6.57. The predicted octanol–water partition coefficient (Wildman–Crippen LogP) is 2.61. The number of rotatable bonds is 5. The summed E-state index contributed by atoms with van der Waals surface area (Å²) in [4.78, 5) is 4.66. The topological polar surface area (TPSA) is 18.5 Å². The lowest BCUT2D eigenvalue weighted by molar-refractivity contribution is 0.249. The van der Waals surface area contributed by atoms with E-state index >= 15 is 0 Å². The third-order valence-electron chi connectivity index (χ3n) is 4.77. The molecule has 1 saturated carbocycles. The SMILES string of the molecule is CN(C)C1CCN(c2cccc(F)c2CNC2CC2)CC1. The molecule has 1 aliphatic heterocycles. The monoisotopic (exact) mass is 291 g/mol. The molecule has 0 bridgehead atoms. The zero-order valence-corrected chi connectivity index (χ0v) is 13.1. The molecule has 116 valence electrons. The zero-order chi connectivity index (χ0) is 14.8. The maximum Gasteiger partial charge on any atom is 0.129 e. The molecule has 0 amide bonds. The van der Waals surface area contributed by atoms with Crippen molar-refractivity contribution in [2.45, 2.75) is 44.3 Å². The molecule has 0 radical (unpaired) electrons. The Morgan fingerprint density at radius 1 is 1.19 bits per heavy atom. The molecule has 0 atom stereocenters. The number of nitrogens with one attached hydrogen (secondary N) is 1. The molecule has 2 fully saturated rings. The Morgan fingerprint density at radius 3 is 2.52 bits per heavy atom. The van der Waals surface area contributed by atoms with Gasteiger partial charge in [0, 0.05) is 43.0 Å². The Labute approximate surface area is 127 Å². The predicted molar refractivity (Wildman–Crippen MR) is 85.2 cm³/mol. The molecule has 2 aliphatic rings. The van der Waals surface area contributed by atoms with Crippen molar-refractivity contribution in [3.8, 4) is 0 Å². The summed E-state index contributed by atoms with van der Waals surface area (Å²) >= 11 is 0. The highest BCUT2D eigenvalue weighted by Gasteiger charge is 2.25. The van der Waals surface area contributed by atoms with E-state index < -0.39 is 0 Å². The number of halogens is 1. The van der Waals surface area contributed by atoms with Crippen molar-refractivity contribution in [1.29, 1.82) is 0 Å². The van der Waals surface area contributed by atoms with Crippen LogP contribution >= 0.6 is 0 Å². The largest absolute Gasteiger partial charge is 0.371 e.